The molecule has 3 N–H and O–H groups in total. The number of hydrogen-bond acceptors (Lipinski definition) is 4. The van der Waals surface area contributed by atoms with Crippen LogP contribution < -0.4 is 15.2 Å². The van der Waals surface area contributed by atoms with Gasteiger partial charge in [-0.25, -0.2) is 8.42 Å². The van der Waals surface area contributed by atoms with Crippen molar-refractivity contribution in [1.29, 1.82) is 0 Å². The van der Waals surface area contributed by atoms with E-state index in [1.165, 1.54) is 0 Å². The van der Waals surface area contributed by atoms with Crippen LogP contribution in [0.3, 0.4) is 0 Å². The van der Waals surface area contributed by atoms with Crippen molar-refractivity contribution >= 4 is 43.8 Å². The Balaban J connectivity index is 2.45. The van der Waals surface area contributed by atoms with Gasteiger partial charge in [0, 0.05) is 22.1 Å². The van der Waals surface area contributed by atoms with Crippen molar-refractivity contribution < 1.29 is 13.2 Å². The van der Waals surface area contributed by atoms with Gasteiger partial charge in [0.15, 0.2) is 0 Å². The predicted octanol–water partition coefficient (Wildman–Crippen LogP) is 4.76. The maximum Gasteiger partial charge on any atom is 0.229 e. The molecule has 0 spiro atoms. The van der Waals surface area contributed by atoms with Gasteiger partial charge in [-0.1, -0.05) is 54.9 Å². The first-order chi connectivity index (χ1) is 12.9. The van der Waals surface area contributed by atoms with E-state index in [1.54, 1.807) is 13.2 Å². The average molecular weight is 467 g/mol. The first-order valence-corrected chi connectivity index (χ1v) is 11.5. The molecule has 0 atom stereocenters. The minimum absolute atomic E-state index is 0.0661. The molecule has 0 radical (unpaired) electrons. The maximum absolute atomic E-state index is 11.5. The highest BCUT2D eigenvalue weighted by Crippen LogP contribution is 2.37. The van der Waals surface area contributed by atoms with E-state index in [0.29, 0.717) is 5.69 Å². The number of methoxy groups -OCH3 is 1. The molecule has 0 bridgehead atoms. The Labute approximate surface area is 176 Å². The van der Waals surface area contributed by atoms with E-state index in [2.05, 4.69) is 47.5 Å². The van der Waals surface area contributed by atoms with Crippen LogP contribution in [-0.4, -0.2) is 21.8 Å². The largest absolute Gasteiger partial charge is 0.496 e. The zero-order chi connectivity index (χ0) is 21.1. The van der Waals surface area contributed by atoms with Gasteiger partial charge in [0.1, 0.15) is 5.75 Å². The number of hydrogen-bond donors (Lipinski definition) is 2. The number of ether oxygens (including phenoxy) is 1. The van der Waals surface area contributed by atoms with Gasteiger partial charge in [0.25, 0.3) is 0 Å². The fraction of sp³-hybridized carbons (Fsp3) is 0.333. The molecule has 0 heterocycles. The Morgan fingerprint density at radius 2 is 1.86 bits per heavy atom. The molecule has 2 rings (SSSR count). The van der Waals surface area contributed by atoms with Crippen molar-refractivity contribution in [2.75, 3.05) is 18.1 Å². The maximum atomic E-state index is 11.5. The summed E-state index contributed by atoms with van der Waals surface area (Å²) in [4.78, 5) is 0. The summed E-state index contributed by atoms with van der Waals surface area (Å²) in [6, 6.07) is 9.53. The van der Waals surface area contributed by atoms with Gasteiger partial charge < -0.3 is 10.5 Å². The average Bonchev–Trinajstić information content (AvgIpc) is 2.58. The first-order valence-electron chi connectivity index (χ1n) is 8.81. The lowest BCUT2D eigenvalue weighted by atomic mass is 9.85. The SMILES string of the molecule is COc1c(C=Cc2ccc(NS(C)(=O)=O)c(CN)c2)cc(Br)cc1C(C)(C)C. The van der Waals surface area contributed by atoms with Crippen LogP contribution in [0.4, 0.5) is 5.69 Å². The highest BCUT2D eigenvalue weighted by atomic mass is 79.9. The Kier molecular flexibility index (Phi) is 6.96. The Bertz CT molecular complexity index is 993. The van der Waals surface area contributed by atoms with E-state index < -0.39 is 10.0 Å². The van der Waals surface area contributed by atoms with E-state index in [9.17, 15) is 8.42 Å². The summed E-state index contributed by atoms with van der Waals surface area (Å²) in [5.74, 6) is 0.835. The van der Waals surface area contributed by atoms with E-state index >= 15 is 0 Å². The van der Waals surface area contributed by atoms with Crippen molar-refractivity contribution in [1.82, 2.24) is 0 Å². The minimum atomic E-state index is -3.36. The fourth-order valence-corrected chi connectivity index (χ4v) is 3.97. The number of rotatable bonds is 6. The summed E-state index contributed by atoms with van der Waals surface area (Å²) >= 11 is 3.58. The van der Waals surface area contributed by atoms with Gasteiger partial charge >= 0.3 is 0 Å². The number of nitrogens with one attached hydrogen (secondary N) is 1. The van der Waals surface area contributed by atoms with E-state index in [1.807, 2.05) is 30.4 Å². The molecule has 7 heteroatoms. The highest BCUT2D eigenvalue weighted by Gasteiger charge is 2.21. The van der Waals surface area contributed by atoms with Crippen molar-refractivity contribution in [3.8, 4) is 5.75 Å². The summed E-state index contributed by atoms with van der Waals surface area (Å²) in [6.45, 7) is 6.66. The molecule has 0 saturated heterocycles. The van der Waals surface area contributed by atoms with Crippen LogP contribution >= 0.6 is 15.9 Å². The number of anilines is 1. The molecule has 2 aromatic rings. The molecule has 0 aliphatic heterocycles. The molecule has 2 aromatic carbocycles. The quantitative estimate of drug-likeness (QED) is 0.601. The lowest BCUT2D eigenvalue weighted by Crippen LogP contribution is -2.13. The van der Waals surface area contributed by atoms with E-state index in [0.717, 1.165) is 38.7 Å². The topological polar surface area (TPSA) is 81.4 Å². The van der Waals surface area contributed by atoms with E-state index in [4.69, 9.17) is 10.5 Å². The molecule has 5 nitrogen and oxygen atoms in total. The third-order valence-corrected chi connectivity index (χ3v) is 5.24. The van der Waals surface area contributed by atoms with Gasteiger partial charge in [0.05, 0.1) is 19.1 Å². The normalized spacial score (nSPS) is 12.4. The van der Waals surface area contributed by atoms with Crippen LogP contribution in [0.5, 0.6) is 5.75 Å². The number of sulfonamides is 1. The molecule has 0 fully saturated rings. The van der Waals surface area contributed by atoms with Crippen LogP contribution in [0, 0.1) is 0 Å². The van der Waals surface area contributed by atoms with Crippen molar-refractivity contribution in [2.45, 2.75) is 32.7 Å². The molecule has 0 unspecified atom stereocenters. The third kappa shape index (κ3) is 5.83. The van der Waals surface area contributed by atoms with Crippen LogP contribution in [0.2, 0.25) is 0 Å². The number of nitrogens with two attached hydrogens (primary N) is 1. The van der Waals surface area contributed by atoms with Gasteiger partial charge in [-0.3, -0.25) is 4.72 Å². The molecule has 0 aliphatic carbocycles. The van der Waals surface area contributed by atoms with Crippen LogP contribution in [-0.2, 0) is 22.0 Å². The summed E-state index contributed by atoms with van der Waals surface area (Å²) in [5, 5.41) is 0. The van der Waals surface area contributed by atoms with Gasteiger partial charge in [0.2, 0.25) is 10.0 Å². The Morgan fingerprint density at radius 3 is 2.39 bits per heavy atom. The van der Waals surface area contributed by atoms with Crippen molar-refractivity contribution in [3.05, 3.63) is 57.1 Å². The monoisotopic (exact) mass is 466 g/mol. The smallest absolute Gasteiger partial charge is 0.229 e. The minimum Gasteiger partial charge on any atom is -0.496 e. The third-order valence-electron chi connectivity index (χ3n) is 4.19. The summed E-state index contributed by atoms with van der Waals surface area (Å²) in [7, 11) is -1.68. The van der Waals surface area contributed by atoms with Gasteiger partial charge in [-0.15, -0.1) is 0 Å². The molecule has 0 saturated carbocycles. The zero-order valence-electron chi connectivity index (χ0n) is 16.8. The molecule has 28 heavy (non-hydrogen) atoms. The highest BCUT2D eigenvalue weighted by molar-refractivity contribution is 9.10. The second kappa shape index (κ2) is 8.68. The second-order valence-corrected chi connectivity index (χ2v) is 10.3. The first kappa shape index (κ1) is 22.5. The van der Waals surface area contributed by atoms with Crippen LogP contribution in [0.15, 0.2) is 34.8 Å². The predicted molar refractivity (Wildman–Crippen MR) is 121 cm³/mol. The van der Waals surface area contributed by atoms with Crippen LogP contribution in [0.1, 0.15) is 43.0 Å². The Morgan fingerprint density at radius 1 is 1.18 bits per heavy atom. The summed E-state index contributed by atoms with van der Waals surface area (Å²) in [6.07, 6.45) is 5.06. The van der Waals surface area contributed by atoms with Crippen molar-refractivity contribution in [2.24, 2.45) is 5.73 Å². The molecule has 152 valence electrons. The summed E-state index contributed by atoms with van der Waals surface area (Å²) in [5.41, 5.74) is 9.93. The van der Waals surface area contributed by atoms with Crippen LogP contribution in [0.25, 0.3) is 12.2 Å². The standard InChI is InChI=1S/C21H27BrN2O3S/c1-21(2,3)18-12-17(22)11-15(20(18)27-4)8-6-14-7-9-19(16(10-14)13-23)24-28(5,25)26/h6-12,24H,13,23H2,1-5H3. The second-order valence-electron chi connectivity index (χ2n) is 7.65. The Hall–Kier alpha value is -1.83. The number of halogens is 1. The van der Waals surface area contributed by atoms with E-state index in [-0.39, 0.29) is 12.0 Å². The summed E-state index contributed by atoms with van der Waals surface area (Å²) < 4.78 is 32.2. The fourth-order valence-electron chi connectivity index (χ4n) is 2.89. The van der Waals surface area contributed by atoms with Crippen molar-refractivity contribution in [3.63, 3.8) is 0 Å². The molecule has 0 aromatic heterocycles. The molecule has 0 aliphatic rings. The molecular formula is C21H27BrN2O3S. The molecule has 0 amide bonds. The zero-order valence-corrected chi connectivity index (χ0v) is 19.2. The molecular weight excluding hydrogens is 440 g/mol. The lowest BCUT2D eigenvalue weighted by Gasteiger charge is -2.24. The number of benzene rings is 2. The van der Waals surface area contributed by atoms with Gasteiger partial charge in [-0.2, -0.15) is 0 Å². The lowest BCUT2D eigenvalue weighted by molar-refractivity contribution is 0.396. The van der Waals surface area contributed by atoms with Gasteiger partial charge in [-0.05, 0) is 40.8 Å².